The Morgan fingerprint density at radius 2 is 1.82 bits per heavy atom. The van der Waals surface area contributed by atoms with Crippen molar-refractivity contribution in [3.05, 3.63) is 56.9 Å². The van der Waals surface area contributed by atoms with E-state index >= 15 is 0 Å². The summed E-state index contributed by atoms with van der Waals surface area (Å²) in [5.41, 5.74) is 6.54. The van der Waals surface area contributed by atoms with Crippen LogP contribution in [0.2, 0.25) is 0 Å². The Balaban J connectivity index is 2.38. The number of aryl methyl sites for hydroxylation is 1. The molecule has 0 saturated heterocycles. The van der Waals surface area contributed by atoms with Crippen LogP contribution in [0.3, 0.4) is 0 Å². The van der Waals surface area contributed by atoms with Crippen LogP contribution in [0.15, 0.2) is 40.1 Å². The first-order valence-corrected chi connectivity index (χ1v) is 6.65. The number of aliphatic carboxylic acids is 1. The molecule has 1 aromatic carbocycles. The Bertz CT molecular complexity index is 818. The summed E-state index contributed by atoms with van der Waals surface area (Å²) < 4.78 is 2.38. The lowest BCUT2D eigenvalue weighted by Crippen LogP contribution is -2.37. The van der Waals surface area contributed by atoms with Gasteiger partial charge in [-0.25, -0.2) is 4.79 Å². The molecule has 0 bridgehead atoms. The van der Waals surface area contributed by atoms with E-state index in [-0.39, 0.29) is 12.0 Å². The third kappa shape index (κ3) is 2.99. The van der Waals surface area contributed by atoms with Crippen molar-refractivity contribution in [2.24, 2.45) is 19.8 Å². The van der Waals surface area contributed by atoms with E-state index in [2.05, 4.69) is 0 Å². The second-order valence-electron chi connectivity index (χ2n) is 5.15. The smallest absolute Gasteiger partial charge is 0.330 e. The number of carbonyl (C=O) groups is 1. The lowest BCUT2D eigenvalue weighted by Gasteiger charge is -2.09. The average Bonchev–Trinajstić information content (AvgIpc) is 2.49. The standard InChI is InChI=1S/C15H17N3O4/c1-17-8-11(13(19)18(2)15(17)22)10-5-3-9(4-6-10)7-12(16)14(20)21/h3-6,8,12H,7,16H2,1-2H3,(H,20,21)/t12-/m0/s1. The Labute approximate surface area is 126 Å². The van der Waals surface area contributed by atoms with Crippen molar-refractivity contribution in [2.75, 3.05) is 0 Å². The second-order valence-corrected chi connectivity index (χ2v) is 5.15. The number of aromatic nitrogens is 2. The number of carboxylic acids is 1. The largest absolute Gasteiger partial charge is 0.480 e. The molecule has 0 aliphatic rings. The normalized spacial score (nSPS) is 12.1. The van der Waals surface area contributed by atoms with Crippen LogP contribution in [-0.4, -0.2) is 26.3 Å². The highest BCUT2D eigenvalue weighted by atomic mass is 16.4. The molecular formula is C15H17N3O4. The first kappa shape index (κ1) is 15.7. The van der Waals surface area contributed by atoms with Gasteiger partial charge in [0.1, 0.15) is 6.04 Å². The summed E-state index contributed by atoms with van der Waals surface area (Å²) in [5.74, 6) is -1.06. The molecular weight excluding hydrogens is 286 g/mol. The van der Waals surface area contributed by atoms with Crippen LogP contribution in [0.1, 0.15) is 5.56 Å². The topological polar surface area (TPSA) is 107 Å². The van der Waals surface area contributed by atoms with Crippen molar-refractivity contribution in [2.45, 2.75) is 12.5 Å². The summed E-state index contributed by atoms with van der Waals surface area (Å²) in [5, 5.41) is 8.80. The van der Waals surface area contributed by atoms with Gasteiger partial charge in [-0.05, 0) is 17.5 Å². The number of nitrogens with two attached hydrogens (primary N) is 1. The summed E-state index contributed by atoms with van der Waals surface area (Å²) >= 11 is 0. The van der Waals surface area contributed by atoms with E-state index in [0.717, 1.165) is 10.1 Å². The van der Waals surface area contributed by atoms with E-state index in [1.807, 2.05) is 0 Å². The molecule has 0 radical (unpaired) electrons. The Kier molecular flexibility index (Phi) is 4.27. The fraction of sp³-hybridized carbons (Fsp3) is 0.267. The minimum absolute atomic E-state index is 0.209. The number of nitrogens with zero attached hydrogens (tertiary/aromatic N) is 2. The van der Waals surface area contributed by atoms with Gasteiger partial charge >= 0.3 is 11.7 Å². The predicted octanol–water partition coefficient (Wildman–Crippen LogP) is -0.295. The van der Waals surface area contributed by atoms with E-state index in [4.69, 9.17) is 10.8 Å². The summed E-state index contributed by atoms with van der Waals surface area (Å²) in [6, 6.07) is 5.91. The highest BCUT2D eigenvalue weighted by Gasteiger charge is 2.13. The van der Waals surface area contributed by atoms with E-state index in [0.29, 0.717) is 11.1 Å². The molecule has 116 valence electrons. The zero-order valence-corrected chi connectivity index (χ0v) is 12.3. The Hall–Kier alpha value is -2.67. The minimum atomic E-state index is -1.06. The van der Waals surface area contributed by atoms with Crippen LogP contribution in [0.25, 0.3) is 11.1 Å². The maximum Gasteiger partial charge on any atom is 0.330 e. The zero-order chi connectivity index (χ0) is 16.4. The molecule has 3 N–H and O–H groups in total. The molecule has 7 nitrogen and oxygen atoms in total. The summed E-state index contributed by atoms with van der Waals surface area (Å²) in [6.45, 7) is 0. The zero-order valence-electron chi connectivity index (χ0n) is 12.3. The Morgan fingerprint density at radius 1 is 1.23 bits per heavy atom. The monoisotopic (exact) mass is 303 g/mol. The quantitative estimate of drug-likeness (QED) is 0.806. The van der Waals surface area contributed by atoms with Crippen LogP contribution in [0, 0.1) is 0 Å². The maximum absolute atomic E-state index is 12.1. The lowest BCUT2D eigenvalue weighted by molar-refractivity contribution is -0.138. The van der Waals surface area contributed by atoms with Crippen molar-refractivity contribution in [3.8, 4) is 11.1 Å². The van der Waals surface area contributed by atoms with Gasteiger partial charge in [0.2, 0.25) is 0 Å². The molecule has 0 spiro atoms. The summed E-state index contributed by atoms with van der Waals surface area (Å²) in [4.78, 5) is 34.6. The molecule has 0 fully saturated rings. The molecule has 7 heteroatoms. The molecule has 1 aromatic heterocycles. The molecule has 0 saturated carbocycles. The highest BCUT2D eigenvalue weighted by Crippen LogP contribution is 2.16. The van der Waals surface area contributed by atoms with E-state index in [9.17, 15) is 14.4 Å². The van der Waals surface area contributed by atoms with Gasteiger partial charge in [0.15, 0.2) is 0 Å². The highest BCUT2D eigenvalue weighted by molar-refractivity contribution is 5.73. The third-order valence-electron chi connectivity index (χ3n) is 3.48. The first-order valence-electron chi connectivity index (χ1n) is 6.65. The molecule has 2 rings (SSSR count). The van der Waals surface area contributed by atoms with Gasteiger partial charge in [-0.1, -0.05) is 24.3 Å². The number of hydrogen-bond acceptors (Lipinski definition) is 4. The van der Waals surface area contributed by atoms with Gasteiger partial charge in [0, 0.05) is 20.3 Å². The van der Waals surface area contributed by atoms with Crippen LogP contribution in [0.4, 0.5) is 0 Å². The average molecular weight is 303 g/mol. The Morgan fingerprint density at radius 3 is 2.36 bits per heavy atom. The molecule has 1 heterocycles. The van der Waals surface area contributed by atoms with Crippen molar-refractivity contribution in [1.29, 1.82) is 0 Å². The molecule has 22 heavy (non-hydrogen) atoms. The van der Waals surface area contributed by atoms with Crippen LogP contribution in [0.5, 0.6) is 0 Å². The molecule has 2 aromatic rings. The molecule has 0 unspecified atom stereocenters. The van der Waals surface area contributed by atoms with Gasteiger partial charge < -0.3 is 15.4 Å². The number of hydrogen-bond donors (Lipinski definition) is 2. The predicted molar refractivity (Wildman–Crippen MR) is 81.7 cm³/mol. The number of benzene rings is 1. The van der Waals surface area contributed by atoms with E-state index in [1.165, 1.54) is 17.8 Å². The molecule has 1 atom stereocenters. The van der Waals surface area contributed by atoms with Crippen LogP contribution in [-0.2, 0) is 25.3 Å². The summed E-state index contributed by atoms with van der Waals surface area (Å²) in [6.07, 6.45) is 1.70. The molecule has 0 aliphatic heterocycles. The van der Waals surface area contributed by atoms with Crippen molar-refractivity contribution < 1.29 is 9.90 Å². The van der Waals surface area contributed by atoms with Crippen LogP contribution < -0.4 is 17.0 Å². The lowest BCUT2D eigenvalue weighted by atomic mass is 10.0. The summed E-state index contributed by atoms with van der Waals surface area (Å²) in [7, 11) is 3.00. The first-order chi connectivity index (χ1) is 10.3. The van der Waals surface area contributed by atoms with Crippen molar-refractivity contribution >= 4 is 5.97 Å². The molecule has 0 amide bonds. The van der Waals surface area contributed by atoms with Crippen molar-refractivity contribution in [3.63, 3.8) is 0 Å². The van der Waals surface area contributed by atoms with Gasteiger partial charge in [-0.2, -0.15) is 0 Å². The SMILES string of the molecule is Cn1cc(-c2ccc(C[C@H](N)C(=O)O)cc2)c(=O)n(C)c1=O. The van der Waals surface area contributed by atoms with Gasteiger partial charge in [0.25, 0.3) is 5.56 Å². The number of rotatable bonds is 4. The van der Waals surface area contributed by atoms with Gasteiger partial charge in [0.05, 0.1) is 5.56 Å². The van der Waals surface area contributed by atoms with Crippen molar-refractivity contribution in [1.82, 2.24) is 9.13 Å². The molecule has 0 aliphatic carbocycles. The maximum atomic E-state index is 12.1. The van der Waals surface area contributed by atoms with E-state index in [1.54, 1.807) is 31.3 Å². The third-order valence-corrected chi connectivity index (χ3v) is 3.48. The second kappa shape index (κ2) is 5.98. The van der Waals surface area contributed by atoms with Gasteiger partial charge in [-0.15, -0.1) is 0 Å². The van der Waals surface area contributed by atoms with Gasteiger partial charge in [-0.3, -0.25) is 14.2 Å². The van der Waals surface area contributed by atoms with Crippen LogP contribution >= 0.6 is 0 Å². The fourth-order valence-corrected chi connectivity index (χ4v) is 2.17. The van der Waals surface area contributed by atoms with E-state index < -0.39 is 17.7 Å². The number of carboxylic acid groups (broad SMARTS) is 1. The minimum Gasteiger partial charge on any atom is -0.480 e. The fourth-order valence-electron chi connectivity index (χ4n) is 2.17.